The van der Waals surface area contributed by atoms with Crippen molar-refractivity contribution in [1.29, 1.82) is 0 Å². The van der Waals surface area contributed by atoms with Crippen LogP contribution in [0.2, 0.25) is 0 Å². The van der Waals surface area contributed by atoms with Crippen LogP contribution < -0.4 is 0 Å². The molecule has 0 heterocycles. The first-order chi connectivity index (χ1) is 14.3. The lowest BCUT2D eigenvalue weighted by atomic mass is 10.00. The van der Waals surface area contributed by atoms with E-state index in [2.05, 4.69) is 13.8 Å². The van der Waals surface area contributed by atoms with Gasteiger partial charge in [0.1, 0.15) is 0 Å². The first-order valence-corrected chi connectivity index (χ1v) is 16.1. The summed E-state index contributed by atoms with van der Waals surface area (Å²) < 4.78 is 0. The number of hydrogen-bond acceptors (Lipinski definition) is 0. The zero-order valence-electron chi connectivity index (χ0n) is 20.2. The largest absolute Gasteiger partial charge is 0.116 e. The van der Waals surface area contributed by atoms with Crippen molar-refractivity contribution in [2.75, 3.05) is 0 Å². The highest BCUT2D eigenvalue weighted by Gasteiger charge is 2.21. The van der Waals surface area contributed by atoms with Crippen molar-refractivity contribution in [3.8, 4) is 0 Å². The van der Waals surface area contributed by atoms with Gasteiger partial charge in [0.2, 0.25) is 0 Å². The lowest BCUT2D eigenvalue weighted by molar-refractivity contribution is 0.490. The Labute approximate surface area is 188 Å². The Morgan fingerprint density at radius 1 is 0.379 bits per heavy atom. The monoisotopic (exact) mass is 440 g/mol. The molecule has 0 aromatic rings. The molecule has 0 aromatic carbocycles. The average molecular weight is 441 g/mol. The molecule has 0 unspecified atom stereocenters. The summed E-state index contributed by atoms with van der Waals surface area (Å²) in [6, 6.07) is 0. The zero-order chi connectivity index (χ0) is 20.6. The molecule has 4 rings (SSSR count). The van der Waals surface area contributed by atoms with Crippen molar-refractivity contribution in [1.82, 2.24) is 0 Å². The third-order valence-corrected chi connectivity index (χ3v) is 11.6. The second-order valence-electron chi connectivity index (χ2n) is 10.4. The van der Waals surface area contributed by atoms with Gasteiger partial charge in [-0.2, -0.15) is 0 Å². The van der Waals surface area contributed by atoms with E-state index >= 15 is 0 Å². The molecule has 4 aliphatic carbocycles. The highest BCUT2D eigenvalue weighted by molar-refractivity contribution is 7.40. The molecule has 0 N–H and O–H groups in total. The molecule has 0 amide bonds. The van der Waals surface area contributed by atoms with Gasteiger partial charge < -0.3 is 0 Å². The van der Waals surface area contributed by atoms with Crippen molar-refractivity contribution in [3.63, 3.8) is 0 Å². The van der Waals surface area contributed by atoms with Crippen molar-refractivity contribution < 1.29 is 0 Å². The quantitative estimate of drug-likeness (QED) is 0.381. The van der Waals surface area contributed by atoms with E-state index in [-0.39, 0.29) is 0 Å². The fraction of sp³-hybridized carbons (Fsp3) is 1.00. The highest BCUT2D eigenvalue weighted by atomic mass is 31.1. The summed E-state index contributed by atoms with van der Waals surface area (Å²) in [7, 11) is 2.66. The molecule has 0 aromatic heterocycles. The molecule has 0 atom stereocenters. The second-order valence-corrected chi connectivity index (χ2v) is 14.3. The van der Waals surface area contributed by atoms with Gasteiger partial charge in [0.05, 0.1) is 0 Å². The SMILES string of the molecule is C1CCC(PC2CCCCC2)CC1.C1CCC(PC2CCCCC2)CC1.CCC. The van der Waals surface area contributed by atoms with E-state index in [1.54, 1.807) is 51.4 Å². The fourth-order valence-corrected chi connectivity index (χ4v) is 10.0. The molecular weight excluding hydrogens is 386 g/mol. The van der Waals surface area contributed by atoms with Crippen LogP contribution in [0.15, 0.2) is 0 Å². The summed E-state index contributed by atoms with van der Waals surface area (Å²) in [5.74, 6) is 0. The maximum absolute atomic E-state index is 2.12. The van der Waals surface area contributed by atoms with Crippen LogP contribution in [0.3, 0.4) is 0 Å². The van der Waals surface area contributed by atoms with Crippen LogP contribution in [-0.4, -0.2) is 22.6 Å². The van der Waals surface area contributed by atoms with Gasteiger partial charge in [0, 0.05) is 0 Å². The third-order valence-electron chi connectivity index (χ3n) is 7.36. The maximum atomic E-state index is 2.12. The van der Waals surface area contributed by atoms with Gasteiger partial charge in [0.15, 0.2) is 0 Å². The molecule has 0 spiro atoms. The Bertz CT molecular complexity index is 280. The normalized spacial score (nSPS) is 25.4. The van der Waals surface area contributed by atoms with Crippen LogP contribution in [0.25, 0.3) is 0 Å². The predicted octanol–water partition coefficient (Wildman–Crippen LogP) is 10.1. The molecule has 0 radical (unpaired) electrons. The van der Waals surface area contributed by atoms with Gasteiger partial charge in [-0.25, -0.2) is 0 Å². The Morgan fingerprint density at radius 2 is 0.552 bits per heavy atom. The van der Waals surface area contributed by atoms with Gasteiger partial charge in [-0.05, 0) is 74.0 Å². The lowest BCUT2D eigenvalue weighted by Crippen LogP contribution is -2.14. The average Bonchev–Trinajstić information content (AvgIpc) is 2.78. The van der Waals surface area contributed by atoms with Crippen LogP contribution in [-0.2, 0) is 0 Å². The third kappa shape index (κ3) is 12.5. The minimum Gasteiger partial charge on any atom is -0.116 e. The fourth-order valence-electron chi connectivity index (χ4n) is 5.74. The molecule has 29 heavy (non-hydrogen) atoms. The standard InChI is InChI=1S/2C12H23P.C3H8/c2*1-3-7-11(8-4-1)13-12-9-5-2-6-10-12;1-3-2/h2*11-13H,1-10H2;3H2,1-2H3. The highest BCUT2D eigenvalue weighted by Crippen LogP contribution is 2.42. The van der Waals surface area contributed by atoms with E-state index in [4.69, 9.17) is 0 Å². The van der Waals surface area contributed by atoms with E-state index in [1.165, 1.54) is 101 Å². The van der Waals surface area contributed by atoms with Crippen molar-refractivity contribution in [3.05, 3.63) is 0 Å². The summed E-state index contributed by atoms with van der Waals surface area (Å²) in [6.45, 7) is 4.25. The summed E-state index contributed by atoms with van der Waals surface area (Å²) in [5.41, 5.74) is 4.60. The minimum absolute atomic E-state index is 1.15. The number of hydrogen-bond donors (Lipinski definition) is 0. The Hall–Kier alpha value is 0.860. The van der Waals surface area contributed by atoms with Crippen LogP contribution in [0.5, 0.6) is 0 Å². The van der Waals surface area contributed by atoms with E-state index in [0.29, 0.717) is 0 Å². The smallest absolute Gasteiger partial charge is 0.0234 e. The van der Waals surface area contributed by atoms with E-state index in [0.717, 1.165) is 22.6 Å². The molecule has 0 nitrogen and oxygen atoms in total. The zero-order valence-corrected chi connectivity index (χ0v) is 22.2. The van der Waals surface area contributed by atoms with Gasteiger partial charge in [-0.3, -0.25) is 0 Å². The van der Waals surface area contributed by atoms with Crippen LogP contribution in [0.4, 0.5) is 0 Å². The topological polar surface area (TPSA) is 0 Å². The maximum Gasteiger partial charge on any atom is -0.0234 e. The molecular formula is C27H54P2. The Balaban J connectivity index is 0.000000183. The van der Waals surface area contributed by atoms with Crippen molar-refractivity contribution in [2.45, 2.75) is 171 Å². The van der Waals surface area contributed by atoms with Gasteiger partial charge in [-0.1, -0.05) is 97.3 Å². The molecule has 0 saturated heterocycles. The summed E-state index contributed by atoms with van der Waals surface area (Å²) >= 11 is 0. The molecule has 4 fully saturated rings. The van der Waals surface area contributed by atoms with Crippen LogP contribution in [0.1, 0.15) is 149 Å². The molecule has 0 bridgehead atoms. The van der Waals surface area contributed by atoms with Gasteiger partial charge >= 0.3 is 0 Å². The van der Waals surface area contributed by atoms with E-state index < -0.39 is 0 Å². The molecule has 4 saturated carbocycles. The van der Waals surface area contributed by atoms with Crippen LogP contribution >= 0.6 is 17.2 Å². The summed E-state index contributed by atoms with van der Waals surface area (Å²) in [5, 5.41) is 0. The minimum atomic E-state index is 1.15. The van der Waals surface area contributed by atoms with Crippen LogP contribution in [0, 0.1) is 0 Å². The van der Waals surface area contributed by atoms with Gasteiger partial charge in [-0.15, -0.1) is 17.2 Å². The van der Waals surface area contributed by atoms with E-state index in [9.17, 15) is 0 Å². The second kappa shape index (κ2) is 17.4. The van der Waals surface area contributed by atoms with Crippen molar-refractivity contribution >= 4 is 17.2 Å². The predicted molar refractivity (Wildman–Crippen MR) is 140 cm³/mol. The number of rotatable bonds is 4. The Kier molecular flexibility index (Phi) is 15.7. The van der Waals surface area contributed by atoms with Gasteiger partial charge in [0.25, 0.3) is 0 Å². The van der Waals surface area contributed by atoms with Crippen molar-refractivity contribution in [2.24, 2.45) is 0 Å². The first-order valence-electron chi connectivity index (χ1n) is 13.8. The molecule has 2 heteroatoms. The summed E-state index contributed by atoms with van der Waals surface area (Å²) in [4.78, 5) is 0. The molecule has 172 valence electrons. The lowest BCUT2D eigenvalue weighted by Gasteiger charge is -2.28. The Morgan fingerprint density at radius 3 is 0.724 bits per heavy atom. The summed E-state index contributed by atoms with van der Waals surface area (Å²) in [6.07, 6.45) is 32.1. The molecule has 4 aliphatic rings. The van der Waals surface area contributed by atoms with E-state index in [1.807, 2.05) is 0 Å². The first kappa shape index (κ1) is 26.1. The molecule has 0 aliphatic heterocycles.